The summed E-state index contributed by atoms with van der Waals surface area (Å²) in [6.07, 6.45) is 0. The van der Waals surface area contributed by atoms with Gasteiger partial charge in [-0.3, -0.25) is 9.78 Å². The van der Waals surface area contributed by atoms with E-state index in [1.807, 2.05) is 0 Å². The van der Waals surface area contributed by atoms with Gasteiger partial charge in [0.15, 0.2) is 0 Å². The van der Waals surface area contributed by atoms with Crippen LogP contribution in [0.5, 0.6) is 0 Å². The Bertz CT molecular complexity index is 378. The van der Waals surface area contributed by atoms with Crippen LogP contribution < -0.4 is 22.7 Å². The minimum absolute atomic E-state index is 0.0681. The third-order valence-electron chi connectivity index (χ3n) is 1.54. The first-order chi connectivity index (χ1) is 5.69. The Balaban J connectivity index is 3.44. The number of nitrogens with one attached hydrogen (secondary N) is 2. The predicted molar refractivity (Wildman–Crippen MR) is 43.5 cm³/mol. The van der Waals surface area contributed by atoms with E-state index in [9.17, 15) is 9.59 Å². The molecule has 0 aromatic carbocycles. The average molecular weight is 170 g/mol. The zero-order valence-corrected chi connectivity index (χ0v) is 6.39. The van der Waals surface area contributed by atoms with Gasteiger partial charge in [0, 0.05) is 18.8 Å². The van der Waals surface area contributed by atoms with E-state index < -0.39 is 11.2 Å². The molecule has 0 aliphatic carbocycles. The number of hydrogen-bond donors (Lipinski definition) is 4. The number of rotatable bonds is 2. The van der Waals surface area contributed by atoms with Crippen LogP contribution in [0.25, 0.3) is 0 Å². The predicted octanol–water partition coefficient (Wildman–Crippen LogP) is -2.02. The quantitative estimate of drug-likeness (QED) is 0.409. The van der Waals surface area contributed by atoms with Gasteiger partial charge in [0.25, 0.3) is 5.56 Å². The Morgan fingerprint density at radius 1 is 1.08 bits per heavy atom. The van der Waals surface area contributed by atoms with Crippen LogP contribution in [0, 0.1) is 0 Å². The summed E-state index contributed by atoms with van der Waals surface area (Å²) in [5.41, 5.74) is 10.3. The van der Waals surface area contributed by atoms with Gasteiger partial charge in [0.2, 0.25) is 0 Å². The minimum atomic E-state index is -0.558. The molecule has 0 fully saturated rings. The van der Waals surface area contributed by atoms with E-state index in [0.29, 0.717) is 11.3 Å². The summed E-state index contributed by atoms with van der Waals surface area (Å²) in [6.45, 7) is 0.171. The van der Waals surface area contributed by atoms with Gasteiger partial charge < -0.3 is 16.5 Å². The molecule has 6 N–H and O–H groups in total. The Morgan fingerprint density at radius 2 is 1.75 bits per heavy atom. The van der Waals surface area contributed by atoms with Crippen molar-refractivity contribution in [3.8, 4) is 0 Å². The number of hydrogen-bond acceptors (Lipinski definition) is 4. The molecule has 0 spiro atoms. The van der Waals surface area contributed by atoms with Gasteiger partial charge in [-0.05, 0) is 0 Å². The van der Waals surface area contributed by atoms with Crippen LogP contribution in [-0.4, -0.2) is 9.97 Å². The molecule has 0 radical (unpaired) electrons. The van der Waals surface area contributed by atoms with Crippen LogP contribution in [0.15, 0.2) is 9.59 Å². The highest BCUT2D eigenvalue weighted by molar-refractivity contribution is 5.15. The van der Waals surface area contributed by atoms with Gasteiger partial charge in [0.1, 0.15) is 0 Å². The van der Waals surface area contributed by atoms with E-state index in [1.165, 1.54) is 0 Å². The molecule has 0 aliphatic heterocycles. The summed E-state index contributed by atoms with van der Waals surface area (Å²) >= 11 is 0. The van der Waals surface area contributed by atoms with Gasteiger partial charge in [-0.1, -0.05) is 0 Å². The Morgan fingerprint density at radius 3 is 2.25 bits per heavy atom. The lowest BCUT2D eigenvalue weighted by Gasteiger charge is -2.01. The Hall–Kier alpha value is -1.40. The largest absolute Gasteiger partial charge is 0.326 e. The summed E-state index contributed by atoms with van der Waals surface area (Å²) in [7, 11) is 0. The highest BCUT2D eigenvalue weighted by Gasteiger charge is 2.04. The van der Waals surface area contributed by atoms with Crippen molar-refractivity contribution < 1.29 is 0 Å². The van der Waals surface area contributed by atoms with Crippen LogP contribution in [0.1, 0.15) is 11.3 Å². The van der Waals surface area contributed by atoms with Crippen LogP contribution in [-0.2, 0) is 13.1 Å². The second kappa shape index (κ2) is 3.33. The monoisotopic (exact) mass is 170 g/mol. The zero-order valence-electron chi connectivity index (χ0n) is 6.39. The molecule has 1 aromatic heterocycles. The van der Waals surface area contributed by atoms with E-state index in [-0.39, 0.29) is 13.1 Å². The maximum atomic E-state index is 11.0. The lowest BCUT2D eigenvalue weighted by molar-refractivity contribution is 0.850. The molecule has 1 heterocycles. The molecular weight excluding hydrogens is 160 g/mol. The fourth-order valence-electron chi connectivity index (χ4n) is 0.949. The van der Waals surface area contributed by atoms with Crippen molar-refractivity contribution in [3.63, 3.8) is 0 Å². The lowest BCUT2D eigenvalue weighted by atomic mass is 10.2. The molecule has 0 aliphatic rings. The molecule has 66 valence electrons. The van der Waals surface area contributed by atoms with Crippen molar-refractivity contribution >= 4 is 0 Å². The lowest BCUT2D eigenvalue weighted by Crippen LogP contribution is -2.30. The Kier molecular flexibility index (Phi) is 2.41. The highest BCUT2D eigenvalue weighted by Crippen LogP contribution is 1.92. The van der Waals surface area contributed by atoms with Crippen molar-refractivity contribution in [1.82, 2.24) is 9.97 Å². The fraction of sp³-hybridized carbons (Fsp3) is 0.333. The summed E-state index contributed by atoms with van der Waals surface area (Å²) < 4.78 is 0. The number of H-pyrrole nitrogens is 2. The van der Waals surface area contributed by atoms with Gasteiger partial charge in [-0.25, -0.2) is 4.79 Å². The molecule has 6 nitrogen and oxygen atoms in total. The molecule has 0 atom stereocenters. The molecule has 0 amide bonds. The molecule has 1 aromatic rings. The van der Waals surface area contributed by atoms with Gasteiger partial charge in [0.05, 0.1) is 5.56 Å². The van der Waals surface area contributed by atoms with Crippen LogP contribution in [0.3, 0.4) is 0 Å². The average Bonchev–Trinajstić information content (AvgIpc) is 2.03. The van der Waals surface area contributed by atoms with Gasteiger partial charge >= 0.3 is 5.69 Å². The summed E-state index contributed by atoms with van der Waals surface area (Å²) in [5.74, 6) is 0. The minimum Gasteiger partial charge on any atom is -0.326 e. The van der Waals surface area contributed by atoms with E-state index in [2.05, 4.69) is 9.97 Å². The van der Waals surface area contributed by atoms with Gasteiger partial charge in [-0.15, -0.1) is 0 Å². The SMILES string of the molecule is NCc1[nH]c(=O)[nH]c(=O)c1CN. The summed E-state index contributed by atoms with van der Waals surface area (Å²) in [4.78, 5) is 26.2. The maximum absolute atomic E-state index is 11.0. The number of nitrogens with two attached hydrogens (primary N) is 2. The normalized spacial score (nSPS) is 10.2. The van der Waals surface area contributed by atoms with Crippen molar-refractivity contribution in [2.45, 2.75) is 13.1 Å². The van der Waals surface area contributed by atoms with E-state index in [0.717, 1.165) is 0 Å². The van der Waals surface area contributed by atoms with Crippen molar-refractivity contribution in [3.05, 3.63) is 32.1 Å². The summed E-state index contributed by atoms with van der Waals surface area (Å²) in [5, 5.41) is 0. The highest BCUT2D eigenvalue weighted by atomic mass is 16.2. The first kappa shape index (κ1) is 8.69. The third-order valence-corrected chi connectivity index (χ3v) is 1.54. The van der Waals surface area contributed by atoms with Crippen LogP contribution in [0.4, 0.5) is 0 Å². The Labute approximate surface area is 67.6 Å². The maximum Gasteiger partial charge on any atom is 0.325 e. The molecule has 12 heavy (non-hydrogen) atoms. The number of aromatic nitrogens is 2. The third kappa shape index (κ3) is 1.44. The number of aromatic amines is 2. The second-order valence-electron chi connectivity index (χ2n) is 2.27. The fourth-order valence-corrected chi connectivity index (χ4v) is 0.949. The smallest absolute Gasteiger partial charge is 0.325 e. The molecule has 0 unspecified atom stereocenters. The molecule has 6 heteroatoms. The molecule has 0 bridgehead atoms. The van der Waals surface area contributed by atoms with E-state index in [4.69, 9.17) is 11.5 Å². The zero-order chi connectivity index (χ0) is 9.14. The molecule has 0 saturated carbocycles. The van der Waals surface area contributed by atoms with Crippen molar-refractivity contribution in [1.29, 1.82) is 0 Å². The second-order valence-corrected chi connectivity index (χ2v) is 2.27. The molecular formula is C6H10N4O2. The topological polar surface area (TPSA) is 118 Å². The first-order valence-corrected chi connectivity index (χ1v) is 3.43. The van der Waals surface area contributed by atoms with Crippen molar-refractivity contribution in [2.24, 2.45) is 11.5 Å². The van der Waals surface area contributed by atoms with E-state index in [1.54, 1.807) is 0 Å². The van der Waals surface area contributed by atoms with E-state index >= 15 is 0 Å². The van der Waals surface area contributed by atoms with Gasteiger partial charge in [-0.2, -0.15) is 0 Å². The standard InChI is InChI=1S/C6H10N4O2/c7-1-3-4(2-8)9-6(12)10-5(3)11/h1-2,7-8H2,(H2,9,10,11,12). The van der Waals surface area contributed by atoms with Crippen LogP contribution in [0.2, 0.25) is 0 Å². The van der Waals surface area contributed by atoms with Crippen LogP contribution >= 0.6 is 0 Å². The molecule has 0 saturated heterocycles. The summed E-state index contributed by atoms with van der Waals surface area (Å²) in [6, 6.07) is 0. The first-order valence-electron chi connectivity index (χ1n) is 3.43. The molecule has 1 rings (SSSR count). The van der Waals surface area contributed by atoms with Crippen molar-refractivity contribution in [2.75, 3.05) is 0 Å².